The van der Waals surface area contributed by atoms with Crippen molar-refractivity contribution in [1.29, 1.82) is 5.26 Å². The Morgan fingerprint density at radius 1 is 1.07 bits per heavy atom. The average molecular weight is 845 g/mol. The van der Waals surface area contributed by atoms with Gasteiger partial charge in [0.15, 0.2) is 5.13 Å². The minimum atomic E-state index is -0.356. The lowest BCUT2D eigenvalue weighted by atomic mass is 9.94. The Labute approximate surface area is 357 Å². The zero-order valence-electron chi connectivity index (χ0n) is 34.4. The van der Waals surface area contributed by atoms with Crippen LogP contribution in [0.5, 0.6) is 0 Å². The van der Waals surface area contributed by atoms with Crippen molar-refractivity contribution in [3.8, 4) is 17.2 Å². The number of hydrogen-bond donors (Lipinski definition) is 1. The van der Waals surface area contributed by atoms with Gasteiger partial charge in [-0.15, -0.1) is 11.8 Å². The number of anilines is 1. The maximum absolute atomic E-state index is 13.7. The van der Waals surface area contributed by atoms with E-state index in [1.165, 1.54) is 11.3 Å². The molecule has 16 heteroatoms. The van der Waals surface area contributed by atoms with Crippen molar-refractivity contribution in [3.63, 3.8) is 0 Å². The fraction of sp³-hybridized carbons (Fsp3) is 0.364. The second kappa shape index (κ2) is 18.5. The molecule has 1 fully saturated rings. The van der Waals surface area contributed by atoms with E-state index in [0.717, 1.165) is 45.1 Å². The normalized spacial score (nSPS) is 14.3. The predicted molar refractivity (Wildman–Crippen MR) is 232 cm³/mol. The van der Waals surface area contributed by atoms with Gasteiger partial charge in [-0.2, -0.15) is 10.4 Å². The first-order chi connectivity index (χ1) is 28.9. The maximum atomic E-state index is 13.7. The van der Waals surface area contributed by atoms with Gasteiger partial charge in [0, 0.05) is 61.3 Å². The van der Waals surface area contributed by atoms with E-state index in [-0.39, 0.29) is 47.2 Å². The fourth-order valence-corrected chi connectivity index (χ4v) is 8.87. The van der Waals surface area contributed by atoms with Crippen LogP contribution in [0.2, 0.25) is 0 Å². The van der Waals surface area contributed by atoms with E-state index in [1.807, 2.05) is 53.1 Å². The molecule has 3 amide bonds. The quantitative estimate of drug-likeness (QED) is 0.0644. The van der Waals surface area contributed by atoms with Gasteiger partial charge >= 0.3 is 0 Å². The van der Waals surface area contributed by atoms with E-state index in [1.54, 1.807) is 70.4 Å². The third kappa shape index (κ3) is 9.86. The molecular formula is C44H48N10O4S2. The number of thiazole rings is 1. The number of thioether (sulfide) groups is 1. The summed E-state index contributed by atoms with van der Waals surface area (Å²) in [4.78, 5) is 56.6. The maximum Gasteiger partial charge on any atom is 0.264 e. The molecule has 60 heavy (non-hydrogen) atoms. The highest BCUT2D eigenvalue weighted by molar-refractivity contribution is 8.00. The third-order valence-electron chi connectivity index (χ3n) is 10.6. The van der Waals surface area contributed by atoms with Gasteiger partial charge < -0.3 is 23.9 Å². The smallest absolute Gasteiger partial charge is 0.264 e. The molecule has 1 saturated heterocycles. The molecule has 1 aromatic carbocycles. The van der Waals surface area contributed by atoms with Crippen LogP contribution in [0.3, 0.4) is 0 Å². The van der Waals surface area contributed by atoms with Crippen molar-refractivity contribution in [2.45, 2.75) is 81.3 Å². The standard InChI is InChI=1S/C44H48N10O4S2/c1-6-8-35(51(5)42(57)32(22-45)21-34-9-7-10-37-46-17-20-54(34)37)30-13-11-29(12-14-30)33-23-49-53(26-33)27-39(55)52-18-15-31(16-19-52)41(56)50-43-48-25-40(60-43)59-28-38-47-24-36(58-38)44(2,3)4/h7,9-14,17,20-21,23-26,31,35H,6,8,15-16,18-19,27-28H2,1-5H3,(H,48,50,56)/b32-21+. The summed E-state index contributed by atoms with van der Waals surface area (Å²) < 4.78 is 10.3. The van der Waals surface area contributed by atoms with Crippen LogP contribution in [-0.4, -0.2) is 76.8 Å². The number of likely N-dealkylation sites (tertiary alicyclic amines) is 1. The van der Waals surface area contributed by atoms with Crippen LogP contribution in [0.4, 0.5) is 5.13 Å². The Kier molecular flexibility index (Phi) is 13.0. The van der Waals surface area contributed by atoms with Gasteiger partial charge in [-0.05, 0) is 48.6 Å². The van der Waals surface area contributed by atoms with Gasteiger partial charge in [0.05, 0.1) is 34.6 Å². The number of imidazole rings is 1. The molecule has 1 unspecified atom stereocenters. The van der Waals surface area contributed by atoms with Crippen LogP contribution in [0.15, 0.2) is 93.8 Å². The summed E-state index contributed by atoms with van der Waals surface area (Å²) in [6.45, 7) is 9.38. The molecule has 1 atom stereocenters. The van der Waals surface area contributed by atoms with E-state index in [4.69, 9.17) is 4.42 Å². The van der Waals surface area contributed by atoms with Crippen molar-refractivity contribution in [1.82, 2.24) is 38.9 Å². The second-order valence-electron chi connectivity index (χ2n) is 15.8. The summed E-state index contributed by atoms with van der Waals surface area (Å²) >= 11 is 2.99. The van der Waals surface area contributed by atoms with E-state index >= 15 is 0 Å². The Hall–Kier alpha value is -6.05. The van der Waals surface area contributed by atoms with Crippen LogP contribution in [0.25, 0.3) is 22.9 Å². The molecular weight excluding hydrogens is 797 g/mol. The van der Waals surface area contributed by atoms with E-state index < -0.39 is 0 Å². The molecule has 0 aliphatic carbocycles. The highest BCUT2D eigenvalue weighted by atomic mass is 32.2. The summed E-state index contributed by atoms with van der Waals surface area (Å²) in [6, 6.07) is 15.4. The lowest BCUT2D eigenvalue weighted by Gasteiger charge is -2.31. The van der Waals surface area contributed by atoms with Crippen molar-refractivity contribution in [2.75, 3.05) is 25.5 Å². The lowest BCUT2D eigenvalue weighted by Crippen LogP contribution is -2.42. The number of oxazole rings is 1. The summed E-state index contributed by atoms with van der Waals surface area (Å²) in [5.74, 6) is 1.38. The van der Waals surface area contributed by atoms with Crippen LogP contribution in [0.1, 0.15) is 82.3 Å². The van der Waals surface area contributed by atoms with Crippen LogP contribution in [-0.2, 0) is 32.1 Å². The number of rotatable bonds is 14. The van der Waals surface area contributed by atoms with Gasteiger partial charge in [0.25, 0.3) is 5.91 Å². The average Bonchev–Trinajstić information content (AvgIpc) is 4.09. The number of benzene rings is 1. The number of piperidine rings is 1. The zero-order chi connectivity index (χ0) is 42.4. The number of aromatic nitrogens is 6. The summed E-state index contributed by atoms with van der Waals surface area (Å²) in [5.41, 5.74) is 4.10. The van der Waals surface area contributed by atoms with E-state index in [9.17, 15) is 19.6 Å². The predicted octanol–water partition coefficient (Wildman–Crippen LogP) is 8.02. The highest BCUT2D eigenvalue weighted by Crippen LogP contribution is 2.33. The van der Waals surface area contributed by atoms with Crippen molar-refractivity contribution < 1.29 is 18.8 Å². The molecule has 7 rings (SSSR count). The Balaban J connectivity index is 0.891. The zero-order valence-corrected chi connectivity index (χ0v) is 36.0. The van der Waals surface area contributed by atoms with Gasteiger partial charge in [0.1, 0.15) is 29.6 Å². The first-order valence-corrected chi connectivity index (χ1v) is 21.8. The lowest BCUT2D eigenvalue weighted by molar-refractivity contribution is -0.135. The molecule has 0 saturated carbocycles. The number of nitriles is 1. The largest absolute Gasteiger partial charge is 0.444 e. The first-order valence-electron chi connectivity index (χ1n) is 20.0. The molecule has 0 radical (unpaired) electrons. The summed E-state index contributed by atoms with van der Waals surface area (Å²) in [5, 5.41) is 18.0. The number of amides is 3. The molecule has 1 N–H and O–H groups in total. The van der Waals surface area contributed by atoms with Crippen molar-refractivity contribution in [3.05, 3.63) is 108 Å². The summed E-state index contributed by atoms with van der Waals surface area (Å²) in [6.07, 6.45) is 14.9. The fourth-order valence-electron chi connectivity index (χ4n) is 7.14. The topological polar surface area (TPSA) is 168 Å². The number of nitrogens with one attached hydrogen (secondary N) is 1. The number of likely N-dealkylation sites (N-methyl/N-ethyl adjacent to an activating group) is 1. The molecule has 14 nitrogen and oxygen atoms in total. The first kappa shape index (κ1) is 42.1. The molecule has 0 spiro atoms. The number of carbonyl (C=O) groups excluding carboxylic acids is 3. The Bertz CT molecular complexity index is 2530. The monoisotopic (exact) mass is 844 g/mol. The van der Waals surface area contributed by atoms with Crippen LogP contribution in [0, 0.1) is 17.2 Å². The van der Waals surface area contributed by atoms with Gasteiger partial charge in [-0.1, -0.05) is 75.8 Å². The highest BCUT2D eigenvalue weighted by Gasteiger charge is 2.29. The molecule has 6 heterocycles. The number of fused-ring (bicyclic) bond motifs is 1. The molecule has 310 valence electrons. The number of pyridine rings is 1. The molecule has 0 bridgehead atoms. The summed E-state index contributed by atoms with van der Waals surface area (Å²) in [7, 11) is 1.74. The SMILES string of the molecule is CCCC(c1ccc(-c2cnn(CC(=O)N3CCC(C(=O)Nc4ncc(SCc5ncc(C(C)(C)C)o5)s4)CC3)c2)cc1)N(C)C(=O)/C(C#N)=C/c1cccc2nccn12. The molecule has 1 aliphatic rings. The van der Waals surface area contributed by atoms with Gasteiger partial charge in [-0.25, -0.2) is 15.0 Å². The third-order valence-corrected chi connectivity index (χ3v) is 12.7. The second-order valence-corrected chi connectivity index (χ2v) is 18.1. The van der Waals surface area contributed by atoms with E-state index in [2.05, 4.69) is 59.1 Å². The minimum Gasteiger partial charge on any atom is -0.444 e. The van der Waals surface area contributed by atoms with Crippen LogP contribution < -0.4 is 5.32 Å². The number of carbonyl (C=O) groups is 3. The Morgan fingerprint density at radius 2 is 1.85 bits per heavy atom. The minimum absolute atomic E-state index is 0.0411. The van der Waals surface area contributed by atoms with Crippen LogP contribution >= 0.6 is 23.1 Å². The van der Waals surface area contributed by atoms with E-state index in [0.29, 0.717) is 48.4 Å². The van der Waals surface area contributed by atoms with Crippen molar-refractivity contribution >= 4 is 57.7 Å². The Morgan fingerprint density at radius 3 is 2.57 bits per heavy atom. The number of nitrogens with zero attached hydrogens (tertiary/aromatic N) is 9. The molecule has 6 aromatic rings. The number of hydrogen-bond acceptors (Lipinski definition) is 11. The molecule has 5 aromatic heterocycles. The van der Waals surface area contributed by atoms with Crippen molar-refractivity contribution in [2.24, 2.45) is 5.92 Å². The van der Waals surface area contributed by atoms with Gasteiger partial charge in [-0.3, -0.25) is 19.1 Å². The molecule has 1 aliphatic heterocycles. The van der Waals surface area contributed by atoms with Gasteiger partial charge in [0.2, 0.25) is 17.7 Å².